The second-order valence-electron chi connectivity index (χ2n) is 6.37. The lowest BCUT2D eigenvalue weighted by atomic mass is 10.1. The molecule has 2 heterocycles. The first-order valence-corrected chi connectivity index (χ1v) is 10.4. The molecule has 2 aliphatic rings. The maximum absolute atomic E-state index is 11.5. The normalized spacial score (nSPS) is 25.0. The Morgan fingerprint density at radius 3 is 2.76 bits per heavy atom. The number of hydrogen-bond donors (Lipinski definition) is 2. The molecule has 25 heavy (non-hydrogen) atoms. The quantitative estimate of drug-likeness (QED) is 0.219. The summed E-state index contributed by atoms with van der Waals surface area (Å²) in [7, 11) is -1.34. The highest BCUT2D eigenvalue weighted by atomic mass is 127. The predicted molar refractivity (Wildman–Crippen MR) is 109 cm³/mol. The lowest BCUT2D eigenvalue weighted by molar-refractivity contribution is 0.0420. The molecular weight excluding hydrogens is 459 g/mol. The van der Waals surface area contributed by atoms with Crippen molar-refractivity contribution in [3.63, 3.8) is 0 Å². The summed E-state index contributed by atoms with van der Waals surface area (Å²) >= 11 is 0. The Morgan fingerprint density at radius 1 is 1.36 bits per heavy atom. The average molecular weight is 490 g/mol. The molecular formula is C15H31IN4O4S. The van der Waals surface area contributed by atoms with E-state index in [0.717, 1.165) is 44.9 Å². The molecule has 0 aliphatic carbocycles. The van der Waals surface area contributed by atoms with E-state index in [0.29, 0.717) is 32.2 Å². The molecule has 2 fully saturated rings. The Morgan fingerprint density at radius 2 is 2.16 bits per heavy atom. The second kappa shape index (κ2) is 11.5. The van der Waals surface area contributed by atoms with Gasteiger partial charge in [0.05, 0.1) is 19.0 Å². The van der Waals surface area contributed by atoms with Gasteiger partial charge >= 0.3 is 0 Å². The fraction of sp³-hybridized carbons (Fsp3) is 0.933. The van der Waals surface area contributed by atoms with Crippen LogP contribution in [0.15, 0.2) is 4.99 Å². The number of aliphatic imine (C=N–C) groups is 1. The highest BCUT2D eigenvalue weighted by Crippen LogP contribution is 2.17. The fourth-order valence-electron chi connectivity index (χ4n) is 2.90. The van der Waals surface area contributed by atoms with Crippen LogP contribution in [0.3, 0.4) is 0 Å². The molecule has 0 spiro atoms. The zero-order chi connectivity index (χ0) is 17.4. The third-order valence-corrected chi connectivity index (χ3v) is 5.62. The SMILES string of the molecule is CN=C(NCCCOC1CCOC1)NCC1CCN(S(C)(=O)=O)C1.I. The summed E-state index contributed by atoms with van der Waals surface area (Å²) in [4.78, 5) is 4.19. The molecule has 0 aromatic heterocycles. The van der Waals surface area contributed by atoms with Crippen molar-refractivity contribution in [1.29, 1.82) is 0 Å². The molecule has 2 aliphatic heterocycles. The Balaban J connectivity index is 0.00000312. The summed E-state index contributed by atoms with van der Waals surface area (Å²) < 4.78 is 35.6. The van der Waals surface area contributed by atoms with Crippen LogP contribution in [0.1, 0.15) is 19.3 Å². The van der Waals surface area contributed by atoms with Crippen molar-refractivity contribution in [1.82, 2.24) is 14.9 Å². The highest BCUT2D eigenvalue weighted by molar-refractivity contribution is 14.0. The van der Waals surface area contributed by atoms with E-state index in [2.05, 4.69) is 15.6 Å². The van der Waals surface area contributed by atoms with Crippen molar-refractivity contribution in [2.24, 2.45) is 10.9 Å². The molecule has 0 bridgehead atoms. The average Bonchev–Trinajstić information content (AvgIpc) is 3.20. The number of rotatable bonds is 8. The molecule has 0 saturated carbocycles. The molecule has 10 heteroatoms. The molecule has 0 amide bonds. The summed E-state index contributed by atoms with van der Waals surface area (Å²) in [5.41, 5.74) is 0. The molecule has 2 rings (SSSR count). The zero-order valence-corrected chi connectivity index (χ0v) is 18.2. The fourth-order valence-corrected chi connectivity index (χ4v) is 3.82. The van der Waals surface area contributed by atoms with E-state index in [-0.39, 0.29) is 30.1 Å². The van der Waals surface area contributed by atoms with Crippen LogP contribution in [-0.2, 0) is 19.5 Å². The smallest absolute Gasteiger partial charge is 0.211 e. The lowest BCUT2D eigenvalue weighted by Crippen LogP contribution is -2.41. The van der Waals surface area contributed by atoms with Gasteiger partial charge in [-0.25, -0.2) is 12.7 Å². The molecule has 0 aromatic carbocycles. The summed E-state index contributed by atoms with van der Waals surface area (Å²) in [6.07, 6.45) is 4.30. The third kappa shape index (κ3) is 8.37. The molecule has 2 saturated heterocycles. The molecule has 2 unspecified atom stereocenters. The minimum atomic E-state index is -3.07. The highest BCUT2D eigenvalue weighted by Gasteiger charge is 2.28. The van der Waals surface area contributed by atoms with Gasteiger partial charge in [0.2, 0.25) is 10.0 Å². The van der Waals surface area contributed by atoms with Crippen molar-refractivity contribution in [2.45, 2.75) is 25.4 Å². The number of sulfonamides is 1. The van der Waals surface area contributed by atoms with Crippen LogP contribution in [0, 0.1) is 5.92 Å². The molecule has 0 radical (unpaired) electrons. The Labute approximate surface area is 168 Å². The maximum Gasteiger partial charge on any atom is 0.211 e. The van der Waals surface area contributed by atoms with Gasteiger partial charge in [-0.3, -0.25) is 4.99 Å². The van der Waals surface area contributed by atoms with Crippen molar-refractivity contribution in [2.75, 3.05) is 59.3 Å². The van der Waals surface area contributed by atoms with Crippen molar-refractivity contribution < 1.29 is 17.9 Å². The predicted octanol–water partition coefficient (Wildman–Crippen LogP) is 0.247. The van der Waals surface area contributed by atoms with Gasteiger partial charge in [-0.05, 0) is 25.2 Å². The Hall–Kier alpha value is -0.170. The van der Waals surface area contributed by atoms with E-state index in [1.807, 2.05) is 0 Å². The van der Waals surface area contributed by atoms with E-state index in [1.165, 1.54) is 6.26 Å². The largest absolute Gasteiger partial charge is 0.379 e. The summed E-state index contributed by atoms with van der Waals surface area (Å²) in [5.74, 6) is 1.07. The number of nitrogens with zero attached hydrogens (tertiary/aromatic N) is 2. The molecule has 148 valence electrons. The van der Waals surface area contributed by atoms with Crippen LogP contribution in [0.2, 0.25) is 0 Å². The van der Waals surface area contributed by atoms with Crippen LogP contribution in [0.25, 0.3) is 0 Å². The van der Waals surface area contributed by atoms with Crippen LogP contribution < -0.4 is 10.6 Å². The van der Waals surface area contributed by atoms with Crippen LogP contribution in [0.4, 0.5) is 0 Å². The van der Waals surface area contributed by atoms with Gasteiger partial charge < -0.3 is 20.1 Å². The standard InChI is InChI=1S/C15H30N4O4S.HI/c1-16-15(17-6-3-8-23-14-5-9-22-12-14)18-10-13-4-7-19(11-13)24(2,20)21;/h13-14H,3-12H2,1-2H3,(H2,16,17,18);1H. The summed E-state index contributed by atoms with van der Waals surface area (Å²) in [6.45, 7) is 4.93. The number of guanidine groups is 1. The third-order valence-electron chi connectivity index (χ3n) is 4.35. The van der Waals surface area contributed by atoms with Gasteiger partial charge in [-0.2, -0.15) is 0 Å². The zero-order valence-electron chi connectivity index (χ0n) is 15.1. The van der Waals surface area contributed by atoms with Crippen molar-refractivity contribution in [3.8, 4) is 0 Å². The van der Waals surface area contributed by atoms with Crippen LogP contribution >= 0.6 is 24.0 Å². The van der Waals surface area contributed by atoms with E-state index in [9.17, 15) is 8.42 Å². The lowest BCUT2D eigenvalue weighted by Gasteiger charge is -2.16. The monoisotopic (exact) mass is 490 g/mol. The number of halogens is 1. The van der Waals surface area contributed by atoms with Gasteiger partial charge in [0.15, 0.2) is 5.96 Å². The van der Waals surface area contributed by atoms with Crippen LogP contribution in [0.5, 0.6) is 0 Å². The van der Waals surface area contributed by atoms with Crippen LogP contribution in [-0.4, -0.2) is 84.1 Å². The van der Waals surface area contributed by atoms with Gasteiger partial charge in [0.1, 0.15) is 0 Å². The minimum Gasteiger partial charge on any atom is -0.379 e. The topological polar surface area (TPSA) is 92.3 Å². The number of hydrogen-bond acceptors (Lipinski definition) is 5. The van der Waals surface area contributed by atoms with E-state index in [4.69, 9.17) is 9.47 Å². The first kappa shape index (κ1) is 22.9. The second-order valence-corrected chi connectivity index (χ2v) is 8.35. The van der Waals surface area contributed by atoms with Crippen molar-refractivity contribution in [3.05, 3.63) is 0 Å². The van der Waals surface area contributed by atoms with Gasteiger partial charge in [0, 0.05) is 46.4 Å². The summed E-state index contributed by atoms with van der Waals surface area (Å²) in [6, 6.07) is 0. The Bertz CT molecular complexity index is 512. The van der Waals surface area contributed by atoms with Gasteiger partial charge in [0.25, 0.3) is 0 Å². The van der Waals surface area contributed by atoms with E-state index >= 15 is 0 Å². The number of ether oxygens (including phenoxy) is 2. The minimum absolute atomic E-state index is 0. The van der Waals surface area contributed by atoms with E-state index in [1.54, 1.807) is 11.4 Å². The molecule has 2 atom stereocenters. The number of nitrogens with one attached hydrogen (secondary N) is 2. The maximum atomic E-state index is 11.5. The molecule has 2 N–H and O–H groups in total. The summed E-state index contributed by atoms with van der Waals surface area (Å²) in [5, 5.41) is 6.53. The molecule has 8 nitrogen and oxygen atoms in total. The first-order valence-electron chi connectivity index (χ1n) is 8.58. The van der Waals surface area contributed by atoms with Gasteiger partial charge in [-0.15, -0.1) is 24.0 Å². The van der Waals surface area contributed by atoms with Gasteiger partial charge in [-0.1, -0.05) is 0 Å². The molecule has 0 aromatic rings. The van der Waals surface area contributed by atoms with Crippen molar-refractivity contribution >= 4 is 40.0 Å². The first-order chi connectivity index (χ1) is 11.5. The van der Waals surface area contributed by atoms with E-state index < -0.39 is 10.0 Å². The Kier molecular flexibility index (Phi) is 10.5.